The molecule has 0 unspecified atom stereocenters. The molecule has 0 aromatic heterocycles. The average molecular weight is 335 g/mol. The Morgan fingerprint density at radius 2 is 1.95 bits per heavy atom. The third kappa shape index (κ3) is 3.61. The zero-order valence-corrected chi connectivity index (χ0v) is 13.5. The van der Waals surface area contributed by atoms with Gasteiger partial charge in [0.2, 0.25) is 5.78 Å². The van der Waals surface area contributed by atoms with Gasteiger partial charge in [-0.15, -0.1) is 11.8 Å². The number of amides is 1. The van der Waals surface area contributed by atoms with Crippen LogP contribution >= 0.6 is 23.5 Å². The molecule has 0 aliphatic carbocycles. The summed E-state index contributed by atoms with van der Waals surface area (Å²) in [5.41, 5.74) is 0.723. The number of Topliss-reactive ketones (excluding diaryl/α,β-unsaturated/α-hetero) is 1. The summed E-state index contributed by atoms with van der Waals surface area (Å²) in [6.07, 6.45) is 2.91. The van der Waals surface area contributed by atoms with Crippen molar-refractivity contribution in [2.75, 3.05) is 13.4 Å². The number of esters is 1. The molecule has 2 rings (SSSR count). The minimum atomic E-state index is -0.615. The summed E-state index contributed by atoms with van der Waals surface area (Å²) in [6.45, 7) is 0. The molecule has 0 saturated heterocycles. The predicted octanol–water partition coefficient (Wildman–Crippen LogP) is 2.32. The van der Waals surface area contributed by atoms with Gasteiger partial charge in [0, 0.05) is 11.6 Å². The van der Waals surface area contributed by atoms with Crippen molar-refractivity contribution < 1.29 is 19.1 Å². The Morgan fingerprint density at radius 1 is 1.27 bits per heavy atom. The lowest BCUT2D eigenvalue weighted by Gasteiger charge is -2.20. The number of ketones is 1. The standard InChI is InChI=1S/C15H13NO4S2/c1-20-11(17)8-10-14(19)16-12(15(21-2)22-10)13(18)9-6-4-3-5-7-9/h3-8H,1-2H3,(H,16,19)/b10-8+. The van der Waals surface area contributed by atoms with Crippen LogP contribution < -0.4 is 5.32 Å². The highest BCUT2D eigenvalue weighted by Crippen LogP contribution is 2.39. The topological polar surface area (TPSA) is 72.5 Å². The van der Waals surface area contributed by atoms with E-state index in [1.807, 2.05) is 6.07 Å². The van der Waals surface area contributed by atoms with Gasteiger partial charge in [-0.05, 0) is 6.26 Å². The van der Waals surface area contributed by atoms with E-state index in [1.54, 1.807) is 30.5 Å². The van der Waals surface area contributed by atoms with Gasteiger partial charge in [-0.2, -0.15) is 0 Å². The van der Waals surface area contributed by atoms with E-state index >= 15 is 0 Å². The zero-order chi connectivity index (χ0) is 16.1. The first-order chi connectivity index (χ1) is 10.6. The van der Waals surface area contributed by atoms with Crippen LogP contribution in [-0.2, 0) is 14.3 Å². The lowest BCUT2D eigenvalue weighted by atomic mass is 10.1. The van der Waals surface area contributed by atoms with E-state index in [9.17, 15) is 14.4 Å². The Labute approximate surface area is 136 Å². The van der Waals surface area contributed by atoms with E-state index in [2.05, 4.69) is 10.1 Å². The Morgan fingerprint density at radius 3 is 2.55 bits per heavy atom. The summed E-state index contributed by atoms with van der Waals surface area (Å²) in [5.74, 6) is -1.37. The number of thioether (sulfide) groups is 2. The van der Waals surface area contributed by atoms with Gasteiger partial charge in [-0.25, -0.2) is 4.79 Å². The third-order valence-corrected chi connectivity index (χ3v) is 5.01. The molecule has 7 heteroatoms. The molecular weight excluding hydrogens is 322 g/mol. The van der Waals surface area contributed by atoms with Crippen LogP contribution in [0.15, 0.2) is 51.2 Å². The molecule has 0 bridgehead atoms. The largest absolute Gasteiger partial charge is 0.466 e. The van der Waals surface area contributed by atoms with Crippen LogP contribution in [0.3, 0.4) is 0 Å². The highest BCUT2D eigenvalue weighted by Gasteiger charge is 2.28. The van der Waals surface area contributed by atoms with Crippen molar-refractivity contribution >= 4 is 41.2 Å². The second-order valence-electron chi connectivity index (χ2n) is 4.15. The fourth-order valence-corrected chi connectivity index (χ4v) is 3.41. The van der Waals surface area contributed by atoms with Crippen molar-refractivity contribution in [3.05, 3.63) is 56.8 Å². The summed E-state index contributed by atoms with van der Waals surface area (Å²) < 4.78 is 5.14. The lowest BCUT2D eigenvalue weighted by molar-refractivity contribution is -0.135. The number of allylic oxidation sites excluding steroid dienone is 1. The van der Waals surface area contributed by atoms with Crippen LogP contribution in [0.5, 0.6) is 0 Å². The van der Waals surface area contributed by atoms with E-state index in [1.165, 1.54) is 18.9 Å². The number of hydrogen-bond donors (Lipinski definition) is 1. The maximum absolute atomic E-state index is 12.5. The van der Waals surface area contributed by atoms with Crippen molar-refractivity contribution in [1.29, 1.82) is 0 Å². The first kappa shape index (κ1) is 16.4. The Balaban J connectivity index is 2.35. The number of ether oxygens (including phenoxy) is 1. The molecule has 1 N–H and O–H groups in total. The average Bonchev–Trinajstić information content (AvgIpc) is 2.56. The van der Waals surface area contributed by atoms with Crippen molar-refractivity contribution in [2.24, 2.45) is 0 Å². The van der Waals surface area contributed by atoms with Crippen LogP contribution in [-0.4, -0.2) is 31.0 Å². The van der Waals surface area contributed by atoms with Gasteiger partial charge in [0.1, 0.15) is 5.70 Å². The van der Waals surface area contributed by atoms with Crippen molar-refractivity contribution in [3.63, 3.8) is 0 Å². The van der Waals surface area contributed by atoms with Gasteiger partial charge in [0.25, 0.3) is 5.91 Å². The molecule has 1 aromatic carbocycles. The van der Waals surface area contributed by atoms with E-state index in [-0.39, 0.29) is 16.4 Å². The first-order valence-electron chi connectivity index (χ1n) is 6.23. The van der Waals surface area contributed by atoms with Crippen LogP contribution in [0.1, 0.15) is 10.4 Å². The number of rotatable bonds is 4. The van der Waals surface area contributed by atoms with Gasteiger partial charge in [-0.1, -0.05) is 42.1 Å². The molecule has 1 aromatic rings. The minimum absolute atomic E-state index is 0.195. The van der Waals surface area contributed by atoms with Crippen LogP contribution in [0.25, 0.3) is 0 Å². The van der Waals surface area contributed by atoms with Crippen LogP contribution in [0.4, 0.5) is 0 Å². The number of carbonyl (C=O) groups is 3. The second-order valence-corrected chi connectivity index (χ2v) is 6.28. The molecule has 0 fully saturated rings. The molecule has 1 heterocycles. The van der Waals surface area contributed by atoms with Crippen molar-refractivity contribution in [3.8, 4) is 0 Å². The van der Waals surface area contributed by atoms with Gasteiger partial charge < -0.3 is 10.1 Å². The second kappa shape index (κ2) is 7.33. The molecular formula is C15H13NO4S2. The Kier molecular flexibility index (Phi) is 5.46. The zero-order valence-electron chi connectivity index (χ0n) is 11.9. The molecule has 1 aliphatic heterocycles. The van der Waals surface area contributed by atoms with Gasteiger partial charge in [0.15, 0.2) is 0 Å². The predicted molar refractivity (Wildman–Crippen MR) is 87.1 cm³/mol. The third-order valence-electron chi connectivity index (χ3n) is 2.77. The van der Waals surface area contributed by atoms with E-state index in [4.69, 9.17) is 0 Å². The molecule has 5 nitrogen and oxygen atoms in total. The molecule has 0 saturated carbocycles. The van der Waals surface area contributed by atoms with E-state index < -0.39 is 11.9 Å². The first-order valence-corrected chi connectivity index (χ1v) is 8.27. The SMILES string of the molecule is COC(=O)/C=C1/SC(SC)=C(C(=O)c2ccccc2)NC1=O. The van der Waals surface area contributed by atoms with Crippen LogP contribution in [0, 0.1) is 0 Å². The van der Waals surface area contributed by atoms with E-state index in [0.29, 0.717) is 9.80 Å². The minimum Gasteiger partial charge on any atom is -0.466 e. The number of nitrogens with one attached hydrogen (secondary N) is 1. The van der Waals surface area contributed by atoms with E-state index in [0.717, 1.165) is 17.8 Å². The molecule has 22 heavy (non-hydrogen) atoms. The Bertz CT molecular complexity index is 680. The molecule has 1 aliphatic rings. The number of hydrogen-bond acceptors (Lipinski definition) is 6. The fraction of sp³-hybridized carbons (Fsp3) is 0.133. The summed E-state index contributed by atoms with van der Waals surface area (Å²) in [5, 5.41) is 2.57. The number of carbonyl (C=O) groups excluding carboxylic acids is 3. The maximum atomic E-state index is 12.5. The molecule has 1 amide bonds. The van der Waals surface area contributed by atoms with Crippen molar-refractivity contribution in [2.45, 2.75) is 0 Å². The fourth-order valence-electron chi connectivity index (χ4n) is 1.71. The van der Waals surface area contributed by atoms with Gasteiger partial charge in [0.05, 0.1) is 16.3 Å². The monoisotopic (exact) mass is 335 g/mol. The van der Waals surface area contributed by atoms with Gasteiger partial charge in [-0.3, -0.25) is 9.59 Å². The van der Waals surface area contributed by atoms with Gasteiger partial charge >= 0.3 is 5.97 Å². The Hall–Kier alpha value is -1.99. The van der Waals surface area contributed by atoms with Crippen LogP contribution in [0.2, 0.25) is 0 Å². The molecule has 114 valence electrons. The summed E-state index contributed by atoms with van der Waals surface area (Å²) in [7, 11) is 1.24. The molecule has 0 spiro atoms. The van der Waals surface area contributed by atoms with Crippen molar-refractivity contribution in [1.82, 2.24) is 5.32 Å². The summed E-state index contributed by atoms with van der Waals surface area (Å²) in [4.78, 5) is 36.0. The quantitative estimate of drug-likeness (QED) is 0.517. The normalized spacial score (nSPS) is 16.5. The highest BCUT2D eigenvalue weighted by atomic mass is 32.2. The molecule has 0 atom stereocenters. The summed E-state index contributed by atoms with van der Waals surface area (Å²) in [6, 6.07) is 8.69. The highest BCUT2D eigenvalue weighted by molar-refractivity contribution is 8.24. The smallest absolute Gasteiger partial charge is 0.331 e. The number of methoxy groups -OCH3 is 1. The summed E-state index contributed by atoms with van der Waals surface area (Å²) >= 11 is 2.42. The number of benzene rings is 1. The molecule has 0 radical (unpaired) electrons. The maximum Gasteiger partial charge on any atom is 0.331 e. The lowest BCUT2D eigenvalue weighted by Crippen LogP contribution is -2.32.